The van der Waals surface area contributed by atoms with Gasteiger partial charge in [-0.1, -0.05) is 19.3 Å². The van der Waals surface area contributed by atoms with E-state index in [2.05, 4.69) is 5.32 Å². The number of amides is 1. The van der Waals surface area contributed by atoms with Crippen molar-refractivity contribution in [3.8, 4) is 0 Å². The Morgan fingerprint density at radius 2 is 2.05 bits per heavy atom. The lowest BCUT2D eigenvalue weighted by Crippen LogP contribution is -2.53. The van der Waals surface area contributed by atoms with E-state index in [9.17, 15) is 14.7 Å². The summed E-state index contributed by atoms with van der Waals surface area (Å²) in [6, 6.07) is 0. The highest BCUT2D eigenvalue weighted by atomic mass is 16.5. The van der Waals surface area contributed by atoms with Crippen molar-refractivity contribution >= 4 is 11.9 Å². The fourth-order valence-electron chi connectivity index (χ4n) is 3.47. The van der Waals surface area contributed by atoms with Gasteiger partial charge in [-0.2, -0.15) is 0 Å². The van der Waals surface area contributed by atoms with E-state index < -0.39 is 11.5 Å². The third kappa shape index (κ3) is 4.17. The van der Waals surface area contributed by atoms with Crippen LogP contribution in [0.5, 0.6) is 0 Å². The molecule has 1 unspecified atom stereocenters. The van der Waals surface area contributed by atoms with Crippen molar-refractivity contribution in [3.63, 3.8) is 0 Å². The lowest BCUT2D eigenvalue weighted by molar-refractivity contribution is -0.147. The molecule has 2 rings (SSSR count). The number of carbonyl (C=O) groups excluding carboxylic acids is 1. The molecule has 1 atom stereocenters. The number of morpholine rings is 1. The van der Waals surface area contributed by atoms with E-state index in [1.807, 2.05) is 0 Å². The van der Waals surface area contributed by atoms with Crippen LogP contribution in [-0.4, -0.2) is 60.3 Å². The fraction of sp³-hybridized carbons (Fsp3) is 0.867. The predicted octanol–water partition coefficient (Wildman–Crippen LogP) is 1.00. The van der Waals surface area contributed by atoms with Crippen molar-refractivity contribution in [1.82, 2.24) is 10.2 Å². The van der Waals surface area contributed by atoms with Crippen LogP contribution in [0.1, 0.15) is 44.9 Å². The van der Waals surface area contributed by atoms with Gasteiger partial charge in [0.25, 0.3) is 0 Å². The van der Waals surface area contributed by atoms with Crippen molar-refractivity contribution in [2.24, 2.45) is 0 Å². The van der Waals surface area contributed by atoms with Crippen molar-refractivity contribution in [2.75, 3.05) is 26.7 Å². The van der Waals surface area contributed by atoms with Gasteiger partial charge in [0.1, 0.15) is 0 Å². The van der Waals surface area contributed by atoms with Crippen LogP contribution in [0.2, 0.25) is 0 Å². The second kappa shape index (κ2) is 7.22. The predicted molar refractivity (Wildman–Crippen MR) is 78.1 cm³/mol. The molecule has 1 aliphatic carbocycles. The molecule has 2 N–H and O–H groups in total. The summed E-state index contributed by atoms with van der Waals surface area (Å²) in [4.78, 5) is 25.4. The number of nitrogens with one attached hydrogen (secondary N) is 1. The molecule has 0 aromatic carbocycles. The second-order valence-electron chi connectivity index (χ2n) is 6.21. The molecule has 1 amide bonds. The molecule has 6 nitrogen and oxygen atoms in total. The van der Waals surface area contributed by atoms with Gasteiger partial charge in [0.05, 0.1) is 31.1 Å². The number of nitrogens with zero attached hydrogens (tertiary/aromatic N) is 1. The van der Waals surface area contributed by atoms with Crippen LogP contribution >= 0.6 is 0 Å². The molecule has 1 heterocycles. The Morgan fingerprint density at radius 3 is 2.62 bits per heavy atom. The standard InChI is InChI=1S/C15H26N2O4/c1-17(13(18)9-12-11-16-7-8-21-12)15(10-14(19)20)5-3-2-4-6-15/h12,16H,2-11H2,1H3,(H,19,20). The van der Waals surface area contributed by atoms with Crippen LogP contribution in [0, 0.1) is 0 Å². The van der Waals surface area contributed by atoms with Gasteiger partial charge >= 0.3 is 5.97 Å². The molecule has 0 spiro atoms. The zero-order valence-electron chi connectivity index (χ0n) is 12.8. The zero-order valence-corrected chi connectivity index (χ0v) is 12.8. The quantitative estimate of drug-likeness (QED) is 0.791. The summed E-state index contributed by atoms with van der Waals surface area (Å²) in [5, 5.41) is 12.4. The maximum Gasteiger partial charge on any atom is 0.305 e. The maximum atomic E-state index is 12.5. The molecule has 1 aliphatic heterocycles. The molecular weight excluding hydrogens is 272 g/mol. The highest BCUT2D eigenvalue weighted by molar-refractivity contribution is 5.78. The Kier molecular flexibility index (Phi) is 5.58. The number of aliphatic carboxylic acids is 1. The van der Waals surface area contributed by atoms with Crippen LogP contribution in [0.4, 0.5) is 0 Å². The number of rotatable bonds is 5. The van der Waals surface area contributed by atoms with Gasteiger partial charge in [-0.3, -0.25) is 9.59 Å². The molecule has 2 aliphatic rings. The molecular formula is C15H26N2O4. The smallest absolute Gasteiger partial charge is 0.305 e. The van der Waals surface area contributed by atoms with E-state index in [4.69, 9.17) is 4.74 Å². The van der Waals surface area contributed by atoms with Crippen molar-refractivity contribution in [3.05, 3.63) is 0 Å². The molecule has 6 heteroatoms. The van der Waals surface area contributed by atoms with Gasteiger partial charge in [0.15, 0.2) is 0 Å². The van der Waals surface area contributed by atoms with Gasteiger partial charge in [0.2, 0.25) is 5.91 Å². The van der Waals surface area contributed by atoms with E-state index in [1.54, 1.807) is 11.9 Å². The van der Waals surface area contributed by atoms with Gasteiger partial charge in [0, 0.05) is 20.1 Å². The van der Waals surface area contributed by atoms with Crippen molar-refractivity contribution < 1.29 is 19.4 Å². The average molecular weight is 298 g/mol. The molecule has 21 heavy (non-hydrogen) atoms. The molecule has 0 radical (unpaired) electrons. The Balaban J connectivity index is 2.00. The monoisotopic (exact) mass is 298 g/mol. The van der Waals surface area contributed by atoms with Crippen LogP contribution < -0.4 is 5.32 Å². The average Bonchev–Trinajstić information content (AvgIpc) is 2.47. The third-order valence-corrected chi connectivity index (χ3v) is 4.76. The summed E-state index contributed by atoms with van der Waals surface area (Å²) < 4.78 is 5.57. The molecule has 2 fully saturated rings. The molecule has 1 saturated carbocycles. The summed E-state index contributed by atoms with van der Waals surface area (Å²) in [6.45, 7) is 2.14. The molecule has 0 aromatic rings. The largest absolute Gasteiger partial charge is 0.481 e. The Morgan fingerprint density at radius 1 is 1.33 bits per heavy atom. The van der Waals surface area contributed by atoms with Crippen LogP contribution in [-0.2, 0) is 14.3 Å². The molecule has 120 valence electrons. The first-order valence-corrected chi connectivity index (χ1v) is 7.84. The maximum absolute atomic E-state index is 12.5. The Labute approximate surface area is 125 Å². The first-order valence-electron chi connectivity index (χ1n) is 7.84. The minimum absolute atomic E-state index is 0.00755. The Bertz CT molecular complexity index is 374. The summed E-state index contributed by atoms with van der Waals surface area (Å²) >= 11 is 0. The lowest BCUT2D eigenvalue weighted by atomic mass is 9.78. The van der Waals surface area contributed by atoms with Gasteiger partial charge in [-0.25, -0.2) is 0 Å². The number of hydrogen-bond donors (Lipinski definition) is 2. The Hall–Kier alpha value is -1.14. The van der Waals surface area contributed by atoms with Crippen molar-refractivity contribution in [1.29, 1.82) is 0 Å². The van der Waals surface area contributed by atoms with Crippen molar-refractivity contribution in [2.45, 2.75) is 56.6 Å². The summed E-state index contributed by atoms with van der Waals surface area (Å²) in [5.74, 6) is -0.834. The fourth-order valence-corrected chi connectivity index (χ4v) is 3.47. The number of carboxylic acids is 1. The van der Waals surface area contributed by atoms with Crippen LogP contribution in [0.25, 0.3) is 0 Å². The minimum Gasteiger partial charge on any atom is -0.481 e. The van der Waals surface area contributed by atoms with Gasteiger partial charge in [-0.15, -0.1) is 0 Å². The number of hydrogen-bond acceptors (Lipinski definition) is 4. The molecule has 0 bridgehead atoms. The second-order valence-corrected chi connectivity index (χ2v) is 6.21. The number of ether oxygens (including phenoxy) is 1. The normalized spacial score (nSPS) is 25.3. The van der Waals surface area contributed by atoms with E-state index in [-0.39, 0.29) is 18.4 Å². The minimum atomic E-state index is -0.827. The summed E-state index contributed by atoms with van der Waals surface area (Å²) in [5.41, 5.74) is -0.511. The summed E-state index contributed by atoms with van der Waals surface area (Å²) in [7, 11) is 1.76. The van der Waals surface area contributed by atoms with E-state index in [1.165, 1.54) is 0 Å². The first-order chi connectivity index (χ1) is 10.0. The van der Waals surface area contributed by atoms with E-state index >= 15 is 0 Å². The lowest BCUT2D eigenvalue weighted by Gasteiger charge is -2.44. The topological polar surface area (TPSA) is 78.9 Å². The third-order valence-electron chi connectivity index (χ3n) is 4.76. The van der Waals surface area contributed by atoms with Gasteiger partial charge < -0.3 is 20.1 Å². The zero-order chi connectivity index (χ0) is 15.3. The summed E-state index contributed by atoms with van der Waals surface area (Å²) in [6.07, 6.45) is 4.94. The molecule has 1 saturated heterocycles. The number of carbonyl (C=O) groups is 2. The van der Waals surface area contributed by atoms with E-state index in [0.29, 0.717) is 19.6 Å². The highest BCUT2D eigenvalue weighted by Crippen LogP contribution is 2.36. The van der Waals surface area contributed by atoms with E-state index in [0.717, 1.165) is 38.6 Å². The highest BCUT2D eigenvalue weighted by Gasteiger charge is 2.40. The number of carboxylic acid groups (broad SMARTS) is 1. The van der Waals surface area contributed by atoms with Gasteiger partial charge in [-0.05, 0) is 12.8 Å². The SMILES string of the molecule is CN(C(=O)CC1CNCCO1)C1(CC(=O)O)CCCCC1. The van der Waals surface area contributed by atoms with Crippen LogP contribution in [0.15, 0.2) is 0 Å². The van der Waals surface area contributed by atoms with Crippen LogP contribution in [0.3, 0.4) is 0 Å². The first kappa shape index (κ1) is 16.2. The molecule has 0 aromatic heterocycles.